The summed E-state index contributed by atoms with van der Waals surface area (Å²) in [5, 5.41) is 28.4. The Balaban J connectivity index is 2.43. The van der Waals surface area contributed by atoms with Gasteiger partial charge < -0.3 is 24.8 Å². The summed E-state index contributed by atoms with van der Waals surface area (Å²) in [5.41, 5.74) is 0. The monoisotopic (exact) mass is 238 g/mol. The molecule has 0 aromatic heterocycles. The van der Waals surface area contributed by atoms with Crippen molar-refractivity contribution in [1.82, 2.24) is 0 Å². The molecule has 90 valence electrons. The maximum atomic E-state index is 9.55. The van der Waals surface area contributed by atoms with Crippen molar-refractivity contribution in [1.29, 1.82) is 0 Å². The van der Waals surface area contributed by atoms with Crippen LogP contribution >= 0.6 is 12.6 Å². The predicted molar refractivity (Wildman–Crippen MR) is 56.8 cm³/mol. The molecule has 2 unspecified atom stereocenters. The van der Waals surface area contributed by atoms with Crippen LogP contribution in [0.2, 0.25) is 0 Å². The Labute approximate surface area is 94.4 Å². The number of hydrogen-bond acceptors (Lipinski definition) is 6. The Kier molecular flexibility index (Phi) is 5.31. The van der Waals surface area contributed by atoms with E-state index in [0.717, 1.165) is 6.42 Å². The highest BCUT2D eigenvalue weighted by molar-refractivity contribution is 7.80. The van der Waals surface area contributed by atoms with E-state index in [9.17, 15) is 15.3 Å². The van der Waals surface area contributed by atoms with Crippen LogP contribution in [0, 0.1) is 0 Å². The third kappa shape index (κ3) is 3.30. The van der Waals surface area contributed by atoms with Crippen LogP contribution in [0.4, 0.5) is 0 Å². The van der Waals surface area contributed by atoms with E-state index in [1.54, 1.807) is 6.92 Å². The summed E-state index contributed by atoms with van der Waals surface area (Å²) in [6.07, 6.45) is -4.21. The van der Waals surface area contributed by atoms with Crippen LogP contribution in [-0.4, -0.2) is 58.4 Å². The molecular weight excluding hydrogens is 220 g/mol. The van der Waals surface area contributed by atoms with E-state index in [0.29, 0.717) is 12.4 Å². The fraction of sp³-hybridized carbons (Fsp3) is 1.00. The van der Waals surface area contributed by atoms with Crippen molar-refractivity contribution in [2.75, 3.05) is 12.4 Å². The molecule has 1 aliphatic heterocycles. The first-order chi connectivity index (χ1) is 7.07. The van der Waals surface area contributed by atoms with E-state index in [1.807, 2.05) is 0 Å². The van der Waals surface area contributed by atoms with Gasteiger partial charge in [0.25, 0.3) is 0 Å². The molecule has 1 rings (SSSR count). The summed E-state index contributed by atoms with van der Waals surface area (Å²) >= 11 is 4.02. The Morgan fingerprint density at radius 3 is 2.47 bits per heavy atom. The van der Waals surface area contributed by atoms with Crippen molar-refractivity contribution in [2.45, 2.75) is 44.1 Å². The fourth-order valence-electron chi connectivity index (χ4n) is 1.42. The lowest BCUT2D eigenvalue weighted by atomic mass is 10.0. The van der Waals surface area contributed by atoms with Crippen LogP contribution in [0.3, 0.4) is 0 Å². The number of thiol groups is 1. The molecule has 15 heavy (non-hydrogen) atoms. The highest BCUT2D eigenvalue weighted by Crippen LogP contribution is 2.21. The molecule has 0 aromatic rings. The second-order valence-corrected chi connectivity index (χ2v) is 4.08. The van der Waals surface area contributed by atoms with Crippen LogP contribution in [-0.2, 0) is 9.47 Å². The van der Waals surface area contributed by atoms with Crippen LogP contribution < -0.4 is 0 Å². The second-order valence-electron chi connectivity index (χ2n) is 3.63. The van der Waals surface area contributed by atoms with Gasteiger partial charge in [-0.05, 0) is 19.1 Å². The van der Waals surface area contributed by atoms with Gasteiger partial charge in [0, 0.05) is 0 Å². The lowest BCUT2D eigenvalue weighted by molar-refractivity contribution is -0.292. The Morgan fingerprint density at radius 1 is 1.20 bits per heavy atom. The molecule has 0 saturated carbocycles. The van der Waals surface area contributed by atoms with Crippen molar-refractivity contribution in [3.63, 3.8) is 0 Å². The second kappa shape index (κ2) is 6.03. The van der Waals surface area contributed by atoms with Gasteiger partial charge in [-0.25, -0.2) is 0 Å². The Hall–Kier alpha value is 0.150. The normalized spacial score (nSPS) is 41.8. The predicted octanol–water partition coefficient (Wildman–Crippen LogP) is -0.850. The molecule has 6 heteroatoms. The average molecular weight is 238 g/mol. The van der Waals surface area contributed by atoms with Gasteiger partial charge in [-0.1, -0.05) is 0 Å². The molecule has 5 atom stereocenters. The molecule has 0 amide bonds. The molecule has 0 aliphatic carbocycles. The lowest BCUT2D eigenvalue weighted by Crippen LogP contribution is -2.57. The largest absolute Gasteiger partial charge is 0.388 e. The molecule has 1 aliphatic rings. The quantitative estimate of drug-likeness (QED) is 0.379. The summed E-state index contributed by atoms with van der Waals surface area (Å²) in [5.74, 6) is 0.684. The van der Waals surface area contributed by atoms with Crippen LogP contribution in [0.1, 0.15) is 13.3 Å². The first-order valence-corrected chi connectivity index (χ1v) is 5.63. The minimum Gasteiger partial charge on any atom is -0.388 e. The molecule has 0 radical (unpaired) electrons. The first-order valence-electron chi connectivity index (χ1n) is 5.00. The van der Waals surface area contributed by atoms with E-state index in [2.05, 4.69) is 12.6 Å². The zero-order valence-electron chi connectivity index (χ0n) is 8.61. The smallest absolute Gasteiger partial charge is 0.186 e. The fourth-order valence-corrected chi connectivity index (χ4v) is 1.54. The highest BCUT2D eigenvalue weighted by atomic mass is 32.1. The third-order valence-corrected chi connectivity index (χ3v) is 2.71. The zero-order chi connectivity index (χ0) is 11.4. The summed E-state index contributed by atoms with van der Waals surface area (Å²) in [6, 6.07) is 0. The van der Waals surface area contributed by atoms with Gasteiger partial charge in [-0.3, -0.25) is 0 Å². The zero-order valence-corrected chi connectivity index (χ0v) is 9.51. The summed E-state index contributed by atoms with van der Waals surface area (Å²) in [6.45, 7) is 2.02. The summed E-state index contributed by atoms with van der Waals surface area (Å²) in [7, 11) is 0. The number of aliphatic hydroxyl groups is 3. The van der Waals surface area contributed by atoms with E-state index < -0.39 is 30.7 Å². The number of ether oxygens (including phenoxy) is 2. The Bertz CT molecular complexity index is 191. The van der Waals surface area contributed by atoms with Gasteiger partial charge in [0.1, 0.15) is 18.3 Å². The minimum absolute atomic E-state index is 0.404. The van der Waals surface area contributed by atoms with Gasteiger partial charge >= 0.3 is 0 Å². The minimum atomic E-state index is -1.23. The van der Waals surface area contributed by atoms with Gasteiger partial charge in [0.15, 0.2) is 6.29 Å². The van der Waals surface area contributed by atoms with Gasteiger partial charge in [0.2, 0.25) is 0 Å². The van der Waals surface area contributed by atoms with Crippen LogP contribution in [0.15, 0.2) is 0 Å². The maximum Gasteiger partial charge on any atom is 0.186 e. The van der Waals surface area contributed by atoms with Gasteiger partial charge in [-0.2, -0.15) is 12.6 Å². The molecule has 1 fully saturated rings. The first kappa shape index (κ1) is 13.2. The van der Waals surface area contributed by atoms with Crippen molar-refractivity contribution in [3.8, 4) is 0 Å². The average Bonchev–Trinajstić information content (AvgIpc) is 2.23. The maximum absolute atomic E-state index is 9.55. The van der Waals surface area contributed by atoms with Crippen LogP contribution in [0.25, 0.3) is 0 Å². The number of aliphatic hydroxyl groups excluding tert-OH is 3. The van der Waals surface area contributed by atoms with Crippen molar-refractivity contribution < 1.29 is 24.8 Å². The number of hydrogen-bond donors (Lipinski definition) is 4. The molecular formula is C9H18O5S. The molecule has 1 saturated heterocycles. The van der Waals surface area contributed by atoms with Crippen molar-refractivity contribution >= 4 is 12.6 Å². The van der Waals surface area contributed by atoms with E-state index in [4.69, 9.17) is 9.47 Å². The lowest BCUT2D eigenvalue weighted by Gasteiger charge is -2.38. The van der Waals surface area contributed by atoms with Gasteiger partial charge in [0.05, 0.1) is 12.7 Å². The molecule has 0 aromatic carbocycles. The highest BCUT2D eigenvalue weighted by Gasteiger charge is 2.42. The standard InChI is InChI=1S/C9H18O5S/c1-5-6(10)7(11)8(12)9(14-5)13-3-2-4-15/h5-12,15H,2-4H2,1H3/t5?,6-,7?,8+,9-/m1/s1. The van der Waals surface area contributed by atoms with E-state index >= 15 is 0 Å². The summed E-state index contributed by atoms with van der Waals surface area (Å²) in [4.78, 5) is 0. The van der Waals surface area contributed by atoms with Gasteiger partial charge in [-0.15, -0.1) is 0 Å². The molecule has 0 spiro atoms. The molecule has 5 nitrogen and oxygen atoms in total. The number of rotatable bonds is 4. The van der Waals surface area contributed by atoms with Crippen molar-refractivity contribution in [2.24, 2.45) is 0 Å². The summed E-state index contributed by atoms with van der Waals surface area (Å²) < 4.78 is 10.5. The SMILES string of the molecule is CC1O[C@@H](OCCCS)[C@@H](O)C(O)[C@@H]1O. The molecule has 0 bridgehead atoms. The topological polar surface area (TPSA) is 79.2 Å². The molecule has 1 heterocycles. The van der Waals surface area contributed by atoms with E-state index in [-0.39, 0.29) is 0 Å². The molecule has 3 N–H and O–H groups in total. The Morgan fingerprint density at radius 2 is 1.87 bits per heavy atom. The van der Waals surface area contributed by atoms with E-state index in [1.165, 1.54) is 0 Å². The third-order valence-electron chi connectivity index (χ3n) is 2.39. The van der Waals surface area contributed by atoms with Crippen LogP contribution in [0.5, 0.6) is 0 Å². The van der Waals surface area contributed by atoms with Crippen molar-refractivity contribution in [3.05, 3.63) is 0 Å².